The summed E-state index contributed by atoms with van der Waals surface area (Å²) in [4.78, 5) is 41.9. The first kappa shape index (κ1) is 19.6. The molecule has 3 amide bonds. The van der Waals surface area contributed by atoms with E-state index < -0.39 is 17.9 Å². The molecule has 9 nitrogen and oxygen atoms in total. The second-order valence-electron chi connectivity index (χ2n) is 6.40. The molecule has 0 aliphatic heterocycles. The van der Waals surface area contributed by atoms with Crippen LogP contribution in [0.15, 0.2) is 48.5 Å². The Morgan fingerprint density at radius 3 is 2.28 bits per heavy atom. The number of carboxylic acids is 1. The number of carbonyl (C=O) groups excluding carboxylic acids is 2. The molecule has 1 heterocycles. The lowest BCUT2D eigenvalue weighted by molar-refractivity contribution is 0.0696. The molecule has 0 aliphatic carbocycles. The maximum Gasteiger partial charge on any atom is 0.335 e. The Kier molecular flexibility index (Phi) is 5.59. The predicted molar refractivity (Wildman–Crippen MR) is 107 cm³/mol. The number of urea groups is 1. The summed E-state index contributed by atoms with van der Waals surface area (Å²) in [6, 6.07) is 12.9. The topological polar surface area (TPSA) is 150 Å². The summed E-state index contributed by atoms with van der Waals surface area (Å²) in [5.74, 6) is -1.38. The predicted octanol–water partition coefficient (Wildman–Crippen LogP) is 2.75. The van der Waals surface area contributed by atoms with Crippen molar-refractivity contribution in [2.75, 3.05) is 10.6 Å². The van der Waals surface area contributed by atoms with Gasteiger partial charge in [0.15, 0.2) is 5.82 Å². The fourth-order valence-corrected chi connectivity index (χ4v) is 2.64. The van der Waals surface area contributed by atoms with Gasteiger partial charge in [0.1, 0.15) is 11.5 Å². The van der Waals surface area contributed by atoms with Gasteiger partial charge in [-0.2, -0.15) is 0 Å². The van der Waals surface area contributed by atoms with Crippen LogP contribution in [-0.4, -0.2) is 33.0 Å². The highest BCUT2D eigenvalue weighted by Crippen LogP contribution is 2.16. The number of hydrogen-bond donors (Lipinski definition) is 5. The lowest BCUT2D eigenvalue weighted by Crippen LogP contribution is -2.22. The average molecular weight is 393 g/mol. The Morgan fingerprint density at radius 2 is 1.69 bits per heavy atom. The Hall–Kier alpha value is -4.14. The van der Waals surface area contributed by atoms with Gasteiger partial charge in [0.2, 0.25) is 0 Å². The van der Waals surface area contributed by atoms with E-state index in [1.165, 1.54) is 12.1 Å². The quantitative estimate of drug-likeness (QED) is 0.436. The van der Waals surface area contributed by atoms with Crippen molar-refractivity contribution in [1.82, 2.24) is 9.97 Å². The van der Waals surface area contributed by atoms with Gasteiger partial charge in [-0.25, -0.2) is 14.6 Å². The number of nitrogens with two attached hydrogens (primary N) is 1. The van der Waals surface area contributed by atoms with Crippen LogP contribution in [0.4, 0.5) is 16.3 Å². The molecule has 0 aliphatic rings. The number of carbonyl (C=O) groups is 3. The SMILES string of the molecule is Cc1ccc(NC(=O)Nc2nc(Cc3ccc(C(=O)O)cc3)[nH]c2C(N)=O)cc1. The van der Waals surface area contributed by atoms with Crippen LogP contribution in [0.3, 0.4) is 0 Å². The van der Waals surface area contributed by atoms with Gasteiger partial charge in [0.25, 0.3) is 5.91 Å². The fourth-order valence-electron chi connectivity index (χ4n) is 2.64. The Bertz CT molecular complexity index is 1060. The largest absolute Gasteiger partial charge is 0.478 e. The number of amides is 3. The van der Waals surface area contributed by atoms with Crippen molar-refractivity contribution in [3.63, 3.8) is 0 Å². The molecule has 2 aromatic carbocycles. The highest BCUT2D eigenvalue weighted by molar-refractivity contribution is 6.04. The highest BCUT2D eigenvalue weighted by atomic mass is 16.4. The van der Waals surface area contributed by atoms with Crippen LogP contribution < -0.4 is 16.4 Å². The molecule has 9 heteroatoms. The van der Waals surface area contributed by atoms with Gasteiger partial charge in [0, 0.05) is 12.1 Å². The van der Waals surface area contributed by atoms with Crippen molar-refractivity contribution >= 4 is 29.4 Å². The number of primary amides is 1. The zero-order chi connectivity index (χ0) is 21.0. The number of aromatic nitrogens is 2. The molecule has 0 radical (unpaired) electrons. The summed E-state index contributed by atoms with van der Waals surface area (Å²) in [5.41, 5.74) is 7.93. The van der Waals surface area contributed by atoms with Crippen LogP contribution in [0.1, 0.15) is 37.8 Å². The number of anilines is 2. The first-order chi connectivity index (χ1) is 13.8. The highest BCUT2D eigenvalue weighted by Gasteiger charge is 2.17. The van der Waals surface area contributed by atoms with E-state index in [-0.39, 0.29) is 17.1 Å². The molecule has 0 saturated carbocycles. The maximum absolute atomic E-state index is 12.2. The van der Waals surface area contributed by atoms with Gasteiger partial charge in [-0.1, -0.05) is 29.8 Å². The van der Waals surface area contributed by atoms with Crippen LogP contribution in [0.5, 0.6) is 0 Å². The van der Waals surface area contributed by atoms with Crippen molar-refractivity contribution in [3.8, 4) is 0 Å². The molecular formula is C20H19N5O4. The number of rotatable bonds is 6. The van der Waals surface area contributed by atoms with E-state index in [1.807, 2.05) is 19.1 Å². The summed E-state index contributed by atoms with van der Waals surface area (Å²) >= 11 is 0. The number of aryl methyl sites for hydroxylation is 1. The smallest absolute Gasteiger partial charge is 0.335 e. The zero-order valence-electron chi connectivity index (χ0n) is 15.5. The van der Waals surface area contributed by atoms with Gasteiger partial charge < -0.3 is 21.1 Å². The first-order valence-corrected chi connectivity index (χ1v) is 8.67. The molecule has 29 heavy (non-hydrogen) atoms. The number of H-pyrrole nitrogens is 1. The first-order valence-electron chi connectivity index (χ1n) is 8.67. The molecule has 0 fully saturated rings. The van der Waals surface area contributed by atoms with Gasteiger partial charge in [-0.15, -0.1) is 0 Å². The molecule has 3 aromatic rings. The number of carboxylic acid groups (broad SMARTS) is 1. The summed E-state index contributed by atoms with van der Waals surface area (Å²) in [7, 11) is 0. The standard InChI is InChI=1S/C20H19N5O4/c1-11-2-8-14(9-3-11)22-20(29)25-18-16(17(21)26)23-15(24-18)10-12-4-6-13(7-5-12)19(27)28/h2-9H,10H2,1H3,(H2,21,26)(H,23,24)(H,27,28)(H2,22,25,29). The van der Waals surface area contributed by atoms with Crippen molar-refractivity contribution < 1.29 is 19.5 Å². The van der Waals surface area contributed by atoms with Crippen LogP contribution in [0.25, 0.3) is 0 Å². The number of benzene rings is 2. The normalized spacial score (nSPS) is 10.4. The lowest BCUT2D eigenvalue weighted by Gasteiger charge is -2.06. The number of aromatic carboxylic acids is 1. The van der Waals surface area contributed by atoms with Crippen molar-refractivity contribution in [2.24, 2.45) is 5.73 Å². The molecule has 0 spiro atoms. The monoisotopic (exact) mass is 393 g/mol. The minimum absolute atomic E-state index is 0.0132. The Morgan fingerprint density at radius 1 is 1.03 bits per heavy atom. The van der Waals surface area contributed by atoms with E-state index in [0.717, 1.165) is 11.1 Å². The molecule has 0 bridgehead atoms. The second-order valence-corrected chi connectivity index (χ2v) is 6.40. The van der Waals surface area contributed by atoms with E-state index >= 15 is 0 Å². The number of nitrogens with one attached hydrogen (secondary N) is 3. The third kappa shape index (κ3) is 4.98. The number of nitrogens with zero attached hydrogens (tertiary/aromatic N) is 1. The Labute approximate surface area is 166 Å². The molecule has 3 rings (SSSR count). The zero-order valence-corrected chi connectivity index (χ0v) is 15.5. The fraction of sp³-hybridized carbons (Fsp3) is 0.100. The van der Waals surface area contributed by atoms with Gasteiger partial charge >= 0.3 is 12.0 Å². The van der Waals surface area contributed by atoms with Crippen molar-refractivity contribution in [1.29, 1.82) is 0 Å². The summed E-state index contributed by atoms with van der Waals surface area (Å²) < 4.78 is 0. The minimum Gasteiger partial charge on any atom is -0.478 e. The van der Waals surface area contributed by atoms with Crippen LogP contribution in [0, 0.1) is 6.92 Å². The summed E-state index contributed by atoms with van der Waals surface area (Å²) in [5, 5.41) is 14.1. The third-order valence-electron chi connectivity index (χ3n) is 4.11. The van der Waals surface area contributed by atoms with Crippen LogP contribution in [-0.2, 0) is 6.42 Å². The third-order valence-corrected chi connectivity index (χ3v) is 4.11. The van der Waals surface area contributed by atoms with Crippen molar-refractivity contribution in [2.45, 2.75) is 13.3 Å². The molecule has 6 N–H and O–H groups in total. The summed E-state index contributed by atoms with van der Waals surface area (Å²) in [6.45, 7) is 1.93. The Balaban J connectivity index is 1.74. The molecule has 0 atom stereocenters. The van der Waals surface area contributed by atoms with Gasteiger partial charge in [0.05, 0.1) is 5.56 Å². The number of aromatic amines is 1. The molecule has 0 saturated heterocycles. The minimum atomic E-state index is -1.02. The van der Waals surface area contributed by atoms with Crippen LogP contribution in [0.2, 0.25) is 0 Å². The number of imidazole rings is 1. The summed E-state index contributed by atoms with van der Waals surface area (Å²) in [6.07, 6.45) is 0.293. The lowest BCUT2D eigenvalue weighted by atomic mass is 10.1. The van der Waals surface area contributed by atoms with E-state index in [9.17, 15) is 14.4 Å². The van der Waals surface area contributed by atoms with E-state index in [1.54, 1.807) is 24.3 Å². The van der Waals surface area contributed by atoms with Gasteiger partial charge in [-0.3, -0.25) is 10.1 Å². The maximum atomic E-state index is 12.2. The second kappa shape index (κ2) is 8.26. The molecule has 1 aromatic heterocycles. The number of hydrogen-bond acceptors (Lipinski definition) is 4. The average Bonchev–Trinajstić information content (AvgIpc) is 3.06. The van der Waals surface area contributed by atoms with E-state index in [0.29, 0.717) is 17.9 Å². The van der Waals surface area contributed by atoms with E-state index in [2.05, 4.69) is 20.6 Å². The van der Waals surface area contributed by atoms with Gasteiger partial charge in [-0.05, 0) is 36.8 Å². The van der Waals surface area contributed by atoms with Crippen LogP contribution >= 0.6 is 0 Å². The molecule has 148 valence electrons. The van der Waals surface area contributed by atoms with E-state index in [4.69, 9.17) is 10.8 Å². The van der Waals surface area contributed by atoms with Crippen molar-refractivity contribution in [3.05, 3.63) is 76.7 Å². The molecule has 0 unspecified atom stereocenters. The molecular weight excluding hydrogens is 374 g/mol.